The molecule has 2 unspecified atom stereocenters. The Morgan fingerprint density at radius 1 is 1.56 bits per heavy atom. The number of nitrogens with two attached hydrogens (primary N) is 1. The molecule has 2 atom stereocenters. The molecule has 0 bridgehead atoms. The first kappa shape index (κ1) is 13.3. The molecule has 0 amide bonds. The van der Waals surface area contributed by atoms with Gasteiger partial charge < -0.3 is 16.0 Å². The van der Waals surface area contributed by atoms with Crippen LogP contribution >= 0.6 is 0 Å². The molecule has 0 aromatic rings. The summed E-state index contributed by atoms with van der Waals surface area (Å²) >= 11 is 0. The standard InChI is InChI=1S/C12H26N4/c1-9(2)8-14-12(13)15-11-5-6-16(4)10(3)7-11/h9-11H,5-8H2,1-4H3,(H3,13,14,15). The van der Waals surface area contributed by atoms with Crippen LogP contribution in [0.5, 0.6) is 0 Å². The van der Waals surface area contributed by atoms with E-state index in [-0.39, 0.29) is 0 Å². The molecule has 0 aromatic carbocycles. The molecule has 1 saturated heterocycles. The number of guanidine groups is 1. The van der Waals surface area contributed by atoms with Crippen LogP contribution < -0.4 is 11.1 Å². The average molecular weight is 226 g/mol. The number of likely N-dealkylation sites (tertiary alicyclic amines) is 1. The Kier molecular flexibility index (Phi) is 5.06. The van der Waals surface area contributed by atoms with E-state index in [0.29, 0.717) is 24.0 Å². The van der Waals surface area contributed by atoms with Gasteiger partial charge in [-0.25, -0.2) is 0 Å². The Hall–Kier alpha value is -0.770. The summed E-state index contributed by atoms with van der Waals surface area (Å²) in [7, 11) is 2.18. The van der Waals surface area contributed by atoms with Crippen LogP contribution in [0.1, 0.15) is 33.6 Å². The normalized spacial score (nSPS) is 28.4. The van der Waals surface area contributed by atoms with Crippen molar-refractivity contribution in [2.45, 2.75) is 45.7 Å². The highest BCUT2D eigenvalue weighted by Crippen LogP contribution is 2.14. The Labute approximate surface area is 99.3 Å². The van der Waals surface area contributed by atoms with Crippen molar-refractivity contribution in [1.82, 2.24) is 10.2 Å². The second kappa shape index (κ2) is 6.09. The van der Waals surface area contributed by atoms with Gasteiger partial charge in [0.1, 0.15) is 0 Å². The molecule has 0 saturated carbocycles. The fourth-order valence-electron chi connectivity index (χ4n) is 1.96. The molecule has 0 aliphatic carbocycles. The molecule has 16 heavy (non-hydrogen) atoms. The molecular weight excluding hydrogens is 200 g/mol. The zero-order valence-corrected chi connectivity index (χ0v) is 11.0. The van der Waals surface area contributed by atoms with Crippen LogP contribution in [0.2, 0.25) is 0 Å². The molecule has 1 heterocycles. The highest BCUT2D eigenvalue weighted by atomic mass is 15.2. The molecule has 94 valence electrons. The van der Waals surface area contributed by atoms with Gasteiger partial charge in [-0.05, 0) is 32.7 Å². The Balaban J connectivity index is 2.34. The van der Waals surface area contributed by atoms with Gasteiger partial charge in [-0.3, -0.25) is 4.99 Å². The van der Waals surface area contributed by atoms with E-state index < -0.39 is 0 Å². The highest BCUT2D eigenvalue weighted by molar-refractivity contribution is 5.78. The van der Waals surface area contributed by atoms with Gasteiger partial charge in [0, 0.05) is 25.2 Å². The quantitative estimate of drug-likeness (QED) is 0.558. The maximum absolute atomic E-state index is 5.86. The third-order valence-corrected chi connectivity index (χ3v) is 3.19. The number of hydrogen-bond acceptors (Lipinski definition) is 2. The van der Waals surface area contributed by atoms with Crippen molar-refractivity contribution in [3.8, 4) is 0 Å². The number of aliphatic imine (C=N–C) groups is 1. The van der Waals surface area contributed by atoms with E-state index >= 15 is 0 Å². The molecule has 1 aliphatic heterocycles. The van der Waals surface area contributed by atoms with Crippen LogP contribution in [0.25, 0.3) is 0 Å². The zero-order chi connectivity index (χ0) is 12.1. The van der Waals surface area contributed by atoms with Gasteiger partial charge in [-0.2, -0.15) is 0 Å². The third-order valence-electron chi connectivity index (χ3n) is 3.19. The molecule has 0 spiro atoms. The second-order valence-electron chi connectivity index (χ2n) is 5.32. The Morgan fingerprint density at radius 2 is 2.25 bits per heavy atom. The fourth-order valence-corrected chi connectivity index (χ4v) is 1.96. The minimum atomic E-state index is 0.488. The summed E-state index contributed by atoms with van der Waals surface area (Å²) < 4.78 is 0. The Bertz CT molecular complexity index is 237. The SMILES string of the molecule is CC(C)CN=C(N)NC1CCN(C)C(C)C1. The molecule has 4 nitrogen and oxygen atoms in total. The molecular formula is C12H26N4. The summed E-state index contributed by atoms with van der Waals surface area (Å²) in [5.74, 6) is 1.17. The summed E-state index contributed by atoms with van der Waals surface area (Å²) in [6.45, 7) is 8.50. The van der Waals surface area contributed by atoms with E-state index in [0.717, 1.165) is 25.9 Å². The van der Waals surface area contributed by atoms with E-state index in [9.17, 15) is 0 Å². The first-order valence-corrected chi connectivity index (χ1v) is 6.25. The predicted octanol–water partition coefficient (Wildman–Crippen LogP) is 1.03. The van der Waals surface area contributed by atoms with E-state index in [4.69, 9.17) is 5.73 Å². The number of nitrogens with one attached hydrogen (secondary N) is 1. The fraction of sp³-hybridized carbons (Fsp3) is 0.917. The van der Waals surface area contributed by atoms with Gasteiger partial charge in [-0.15, -0.1) is 0 Å². The van der Waals surface area contributed by atoms with Gasteiger partial charge in [0.25, 0.3) is 0 Å². The highest BCUT2D eigenvalue weighted by Gasteiger charge is 2.22. The zero-order valence-electron chi connectivity index (χ0n) is 11.0. The number of nitrogens with zero attached hydrogens (tertiary/aromatic N) is 2. The predicted molar refractivity (Wildman–Crippen MR) is 69.6 cm³/mol. The number of rotatable bonds is 3. The van der Waals surface area contributed by atoms with Crippen molar-refractivity contribution in [3.63, 3.8) is 0 Å². The minimum absolute atomic E-state index is 0.488. The second-order valence-corrected chi connectivity index (χ2v) is 5.32. The summed E-state index contributed by atoms with van der Waals surface area (Å²) in [4.78, 5) is 6.72. The van der Waals surface area contributed by atoms with Crippen molar-refractivity contribution >= 4 is 5.96 Å². The number of piperidine rings is 1. The Morgan fingerprint density at radius 3 is 2.81 bits per heavy atom. The van der Waals surface area contributed by atoms with Crippen LogP contribution in [0.4, 0.5) is 0 Å². The largest absolute Gasteiger partial charge is 0.370 e. The first-order valence-electron chi connectivity index (χ1n) is 6.25. The maximum atomic E-state index is 5.86. The molecule has 3 N–H and O–H groups in total. The summed E-state index contributed by atoms with van der Waals surface area (Å²) in [6.07, 6.45) is 2.30. The van der Waals surface area contributed by atoms with Gasteiger partial charge in [0.05, 0.1) is 0 Å². The topological polar surface area (TPSA) is 53.6 Å². The maximum Gasteiger partial charge on any atom is 0.188 e. The van der Waals surface area contributed by atoms with E-state index in [2.05, 4.69) is 43.0 Å². The van der Waals surface area contributed by atoms with Crippen LogP contribution in [0, 0.1) is 5.92 Å². The van der Waals surface area contributed by atoms with Gasteiger partial charge in [-0.1, -0.05) is 13.8 Å². The van der Waals surface area contributed by atoms with Crippen LogP contribution in [-0.4, -0.2) is 43.1 Å². The number of hydrogen-bond donors (Lipinski definition) is 2. The lowest BCUT2D eigenvalue weighted by molar-refractivity contribution is 0.177. The lowest BCUT2D eigenvalue weighted by Crippen LogP contribution is -2.49. The third kappa shape index (κ3) is 4.39. The van der Waals surface area contributed by atoms with E-state index in [1.807, 2.05) is 0 Å². The van der Waals surface area contributed by atoms with Crippen LogP contribution in [-0.2, 0) is 0 Å². The summed E-state index contributed by atoms with van der Waals surface area (Å²) in [5.41, 5.74) is 5.86. The lowest BCUT2D eigenvalue weighted by atomic mass is 9.99. The van der Waals surface area contributed by atoms with Crippen molar-refractivity contribution in [3.05, 3.63) is 0 Å². The van der Waals surface area contributed by atoms with Gasteiger partial charge in [0.15, 0.2) is 5.96 Å². The summed E-state index contributed by atoms with van der Waals surface area (Å²) in [6, 6.07) is 1.12. The van der Waals surface area contributed by atoms with Crippen LogP contribution in [0.3, 0.4) is 0 Å². The molecule has 1 fully saturated rings. The monoisotopic (exact) mass is 226 g/mol. The molecule has 1 rings (SSSR count). The van der Waals surface area contributed by atoms with E-state index in [1.165, 1.54) is 0 Å². The van der Waals surface area contributed by atoms with Gasteiger partial charge in [0.2, 0.25) is 0 Å². The van der Waals surface area contributed by atoms with Crippen molar-refractivity contribution in [2.24, 2.45) is 16.6 Å². The van der Waals surface area contributed by atoms with Crippen LogP contribution in [0.15, 0.2) is 4.99 Å². The van der Waals surface area contributed by atoms with Gasteiger partial charge >= 0.3 is 0 Å². The first-order chi connectivity index (χ1) is 7.49. The van der Waals surface area contributed by atoms with Crippen molar-refractivity contribution < 1.29 is 0 Å². The molecule has 0 radical (unpaired) electrons. The molecule has 0 aromatic heterocycles. The average Bonchev–Trinajstić information content (AvgIpc) is 2.21. The minimum Gasteiger partial charge on any atom is -0.370 e. The van der Waals surface area contributed by atoms with E-state index in [1.54, 1.807) is 0 Å². The summed E-state index contributed by atoms with van der Waals surface area (Å²) in [5, 5.41) is 3.33. The molecule has 1 aliphatic rings. The molecule has 4 heteroatoms. The van der Waals surface area contributed by atoms with Crippen molar-refractivity contribution in [2.75, 3.05) is 20.1 Å². The lowest BCUT2D eigenvalue weighted by Gasteiger charge is -2.35. The van der Waals surface area contributed by atoms with Crippen molar-refractivity contribution in [1.29, 1.82) is 0 Å². The smallest absolute Gasteiger partial charge is 0.188 e.